The fourth-order valence-corrected chi connectivity index (χ4v) is 3.76. The molecule has 0 fully saturated rings. The van der Waals surface area contributed by atoms with Crippen LogP contribution in [0.5, 0.6) is 0 Å². The third-order valence-electron chi connectivity index (χ3n) is 3.69. The minimum absolute atomic E-state index is 0.0195. The first-order valence-electron chi connectivity index (χ1n) is 7.98. The minimum atomic E-state index is -4.14. The molecule has 136 valence electrons. The lowest BCUT2D eigenvalue weighted by atomic mass is 10.1. The molecule has 0 radical (unpaired) electrons. The van der Waals surface area contributed by atoms with Crippen molar-refractivity contribution in [1.29, 1.82) is 0 Å². The number of hydrogen-bond donors (Lipinski definition) is 1. The van der Waals surface area contributed by atoms with Crippen LogP contribution in [-0.4, -0.2) is 19.2 Å². The molecule has 0 bridgehead atoms. The zero-order valence-corrected chi connectivity index (χ0v) is 15.6. The summed E-state index contributed by atoms with van der Waals surface area (Å²) in [7, 11) is -4.14. The lowest BCUT2D eigenvalue weighted by Crippen LogP contribution is -2.26. The number of Topliss-reactive ketones (excluding diaryl/α,β-unsaturated/α-hetero) is 1. The molecular weight excluding hydrogens is 384 g/mol. The number of sulfone groups is 1. The number of halogens is 1. The van der Waals surface area contributed by atoms with Crippen LogP contribution in [0.2, 0.25) is 5.02 Å². The molecule has 3 aromatic rings. The first-order valence-corrected chi connectivity index (χ1v) is 9.84. The van der Waals surface area contributed by atoms with Gasteiger partial charge < -0.3 is 0 Å². The molecule has 0 saturated carbocycles. The van der Waals surface area contributed by atoms with Crippen molar-refractivity contribution in [3.8, 4) is 0 Å². The van der Waals surface area contributed by atoms with Gasteiger partial charge in [-0.15, -0.1) is 0 Å². The van der Waals surface area contributed by atoms with E-state index in [0.717, 1.165) is 0 Å². The third kappa shape index (κ3) is 4.24. The fraction of sp³-hybridized carbons (Fsp3) is 0. The number of hydrazone groups is 1. The maximum atomic E-state index is 13.0. The summed E-state index contributed by atoms with van der Waals surface area (Å²) >= 11 is 6.07. The Labute approximate surface area is 162 Å². The maximum Gasteiger partial charge on any atom is 0.229 e. The van der Waals surface area contributed by atoms with Crippen LogP contribution in [0.3, 0.4) is 0 Å². The van der Waals surface area contributed by atoms with Crippen molar-refractivity contribution >= 4 is 38.0 Å². The Morgan fingerprint density at radius 2 is 1.37 bits per heavy atom. The van der Waals surface area contributed by atoms with Gasteiger partial charge in [-0.25, -0.2) is 8.42 Å². The van der Waals surface area contributed by atoms with Crippen LogP contribution in [0, 0.1) is 0 Å². The Kier molecular flexibility index (Phi) is 5.69. The molecular formula is C20H15ClN2O3S. The molecule has 0 aliphatic heterocycles. The first kappa shape index (κ1) is 18.8. The molecule has 0 spiro atoms. The van der Waals surface area contributed by atoms with Gasteiger partial charge in [-0.3, -0.25) is 10.2 Å². The Morgan fingerprint density at radius 3 is 2.00 bits per heavy atom. The second-order valence-corrected chi connectivity index (χ2v) is 7.79. The summed E-state index contributed by atoms with van der Waals surface area (Å²) in [5.41, 5.74) is 3.20. The molecule has 0 unspecified atom stereocenters. The number of carbonyl (C=O) groups is 1. The van der Waals surface area contributed by atoms with Crippen molar-refractivity contribution in [2.24, 2.45) is 5.10 Å². The molecule has 0 aromatic heterocycles. The quantitative estimate of drug-likeness (QED) is 0.298. The van der Waals surface area contributed by atoms with Gasteiger partial charge in [0.05, 0.1) is 15.6 Å². The molecule has 7 heteroatoms. The highest BCUT2D eigenvalue weighted by molar-refractivity contribution is 8.08. The average molecular weight is 399 g/mol. The van der Waals surface area contributed by atoms with Gasteiger partial charge in [-0.05, 0) is 24.3 Å². The van der Waals surface area contributed by atoms with E-state index in [9.17, 15) is 13.2 Å². The second-order valence-electron chi connectivity index (χ2n) is 5.52. The van der Waals surface area contributed by atoms with Gasteiger partial charge in [-0.2, -0.15) is 5.10 Å². The summed E-state index contributed by atoms with van der Waals surface area (Å²) in [4.78, 5) is 12.9. The highest BCUT2D eigenvalue weighted by Crippen LogP contribution is 2.21. The Hall–Kier alpha value is -2.96. The average Bonchev–Trinajstić information content (AvgIpc) is 2.70. The summed E-state index contributed by atoms with van der Waals surface area (Å²) in [6.45, 7) is 0. The van der Waals surface area contributed by atoms with Gasteiger partial charge in [0.25, 0.3) is 0 Å². The van der Waals surface area contributed by atoms with Gasteiger partial charge in [0, 0.05) is 5.56 Å². The van der Waals surface area contributed by atoms with Crippen LogP contribution in [0.15, 0.2) is 94.9 Å². The standard InChI is InChI=1S/C20H15ClN2O3S/c21-17-13-7-8-14-18(17)22-23-20(19(24)15-9-3-1-4-10-15)27(25,26)16-11-5-2-6-12-16/h1-14,22H/b23-20+. The number of carbonyl (C=O) groups excluding carboxylic acids is 1. The molecule has 0 atom stereocenters. The molecule has 0 aliphatic carbocycles. The van der Waals surface area contributed by atoms with E-state index in [1.807, 2.05) is 0 Å². The van der Waals surface area contributed by atoms with Crippen LogP contribution in [-0.2, 0) is 9.84 Å². The number of benzene rings is 3. The van der Waals surface area contributed by atoms with Gasteiger partial charge in [0.15, 0.2) is 0 Å². The van der Waals surface area contributed by atoms with Crippen LogP contribution < -0.4 is 5.43 Å². The monoisotopic (exact) mass is 398 g/mol. The lowest BCUT2D eigenvalue weighted by Gasteiger charge is -2.09. The number of ketones is 1. The van der Waals surface area contributed by atoms with Crippen molar-refractivity contribution in [1.82, 2.24) is 0 Å². The van der Waals surface area contributed by atoms with Gasteiger partial charge in [-0.1, -0.05) is 72.3 Å². The van der Waals surface area contributed by atoms with Crippen molar-refractivity contribution < 1.29 is 13.2 Å². The summed E-state index contributed by atoms with van der Waals surface area (Å²) < 4.78 is 26.1. The highest BCUT2D eigenvalue weighted by atomic mass is 35.5. The van der Waals surface area contributed by atoms with E-state index in [1.165, 1.54) is 24.3 Å². The maximum absolute atomic E-state index is 13.0. The molecule has 0 aliphatic rings. The minimum Gasteiger partial charge on any atom is -0.286 e. The second kappa shape index (κ2) is 8.16. The molecule has 5 nitrogen and oxygen atoms in total. The number of nitrogens with one attached hydrogen (secondary N) is 1. The Balaban J connectivity index is 2.08. The molecule has 0 saturated heterocycles. The molecule has 3 rings (SSSR count). The van der Waals surface area contributed by atoms with Crippen molar-refractivity contribution in [3.63, 3.8) is 0 Å². The fourth-order valence-electron chi connectivity index (χ4n) is 2.32. The third-order valence-corrected chi connectivity index (χ3v) is 5.70. The molecule has 27 heavy (non-hydrogen) atoms. The highest BCUT2D eigenvalue weighted by Gasteiger charge is 2.30. The zero-order valence-electron chi connectivity index (χ0n) is 14.0. The number of hydrogen-bond acceptors (Lipinski definition) is 5. The van der Waals surface area contributed by atoms with Crippen LogP contribution in [0.1, 0.15) is 10.4 Å². The van der Waals surface area contributed by atoms with Crippen LogP contribution >= 0.6 is 11.6 Å². The predicted molar refractivity (Wildman–Crippen MR) is 107 cm³/mol. The van der Waals surface area contributed by atoms with Gasteiger partial charge in [0.1, 0.15) is 0 Å². The van der Waals surface area contributed by atoms with Crippen molar-refractivity contribution in [2.75, 3.05) is 5.43 Å². The van der Waals surface area contributed by atoms with Crippen LogP contribution in [0.25, 0.3) is 0 Å². The summed E-state index contributed by atoms with van der Waals surface area (Å²) in [6.07, 6.45) is 0. The molecule has 0 heterocycles. The largest absolute Gasteiger partial charge is 0.286 e. The molecule has 1 N–H and O–H groups in total. The van der Waals surface area contributed by atoms with E-state index in [2.05, 4.69) is 10.5 Å². The summed E-state index contributed by atoms with van der Waals surface area (Å²) in [5, 5.41) is 3.66. The Morgan fingerprint density at radius 1 is 0.815 bits per heavy atom. The van der Waals surface area contributed by atoms with E-state index in [4.69, 9.17) is 11.6 Å². The normalized spacial score (nSPS) is 11.8. The number of nitrogens with zero attached hydrogens (tertiary/aromatic N) is 1. The topological polar surface area (TPSA) is 75.6 Å². The van der Waals surface area contributed by atoms with Crippen LogP contribution in [0.4, 0.5) is 5.69 Å². The molecule has 0 amide bonds. The molecule has 3 aromatic carbocycles. The summed E-state index contributed by atoms with van der Waals surface area (Å²) in [6, 6.07) is 22.5. The lowest BCUT2D eigenvalue weighted by molar-refractivity contribution is 0.106. The summed E-state index contributed by atoms with van der Waals surface area (Å²) in [5.74, 6) is -0.709. The van der Waals surface area contributed by atoms with Crippen molar-refractivity contribution in [3.05, 3.63) is 95.5 Å². The van der Waals surface area contributed by atoms with E-state index in [0.29, 0.717) is 10.7 Å². The van der Waals surface area contributed by atoms with Gasteiger partial charge in [0.2, 0.25) is 20.7 Å². The Bertz CT molecular complexity index is 1080. The van der Waals surface area contributed by atoms with E-state index in [1.54, 1.807) is 60.7 Å². The number of anilines is 1. The van der Waals surface area contributed by atoms with E-state index in [-0.39, 0.29) is 10.5 Å². The SMILES string of the molecule is O=C(/C(=N\Nc1ccccc1Cl)S(=O)(=O)c1ccccc1)c1ccccc1. The predicted octanol–water partition coefficient (Wildman–Crippen LogP) is 4.42. The van der Waals surface area contributed by atoms with Crippen molar-refractivity contribution in [2.45, 2.75) is 4.90 Å². The van der Waals surface area contributed by atoms with E-state index < -0.39 is 20.7 Å². The zero-order chi connectivity index (χ0) is 19.3. The first-order chi connectivity index (χ1) is 13.0. The smallest absolute Gasteiger partial charge is 0.229 e. The van der Waals surface area contributed by atoms with Gasteiger partial charge >= 0.3 is 0 Å². The van der Waals surface area contributed by atoms with E-state index >= 15 is 0 Å². The number of para-hydroxylation sites is 1. The number of rotatable bonds is 5.